The highest BCUT2D eigenvalue weighted by Gasteiger charge is 2.18. The first-order valence-corrected chi connectivity index (χ1v) is 5.60. The zero-order chi connectivity index (χ0) is 11.8. The molecule has 0 unspecified atom stereocenters. The number of nitrogens with zero attached hydrogens (tertiary/aromatic N) is 1. The molecule has 0 aliphatic rings. The number of carbonyl (C=O) groups is 1. The lowest BCUT2D eigenvalue weighted by Gasteiger charge is -2.22. The Bertz CT molecular complexity index is 202. The number of likely N-dealkylation sites (N-methyl/N-ethyl adjacent to an activating group) is 1. The Morgan fingerprint density at radius 2 is 2.13 bits per heavy atom. The average molecular weight is 212 g/mol. The third-order valence-corrected chi connectivity index (χ3v) is 2.32. The van der Waals surface area contributed by atoms with Crippen LogP contribution in [0.3, 0.4) is 0 Å². The highest BCUT2D eigenvalue weighted by atomic mass is 16.2. The first-order chi connectivity index (χ1) is 6.99. The van der Waals surface area contributed by atoms with E-state index in [2.05, 4.69) is 20.4 Å². The van der Waals surface area contributed by atoms with Crippen LogP contribution in [0.1, 0.15) is 33.1 Å². The molecule has 0 spiro atoms. The number of amides is 1. The Balaban J connectivity index is 3.90. The summed E-state index contributed by atoms with van der Waals surface area (Å²) in [6.07, 6.45) is 4.52. The van der Waals surface area contributed by atoms with Crippen molar-refractivity contribution >= 4 is 5.91 Å². The van der Waals surface area contributed by atoms with Crippen molar-refractivity contribution in [3.8, 4) is 0 Å². The van der Waals surface area contributed by atoms with E-state index in [4.69, 9.17) is 5.73 Å². The zero-order valence-corrected chi connectivity index (χ0v) is 10.2. The molecule has 15 heavy (non-hydrogen) atoms. The number of unbranched alkanes of at least 4 members (excludes halogenated alkanes) is 1. The average Bonchev–Trinajstić information content (AvgIpc) is 2.15. The van der Waals surface area contributed by atoms with E-state index in [-0.39, 0.29) is 11.9 Å². The molecule has 0 aromatic rings. The smallest absolute Gasteiger partial charge is 0.239 e. The molecule has 3 nitrogen and oxygen atoms in total. The summed E-state index contributed by atoms with van der Waals surface area (Å²) in [6, 6.07) is -0.348. The molecule has 3 heteroatoms. The van der Waals surface area contributed by atoms with Crippen molar-refractivity contribution in [2.75, 3.05) is 13.6 Å². The number of carbonyl (C=O) groups excluding carboxylic acids is 1. The van der Waals surface area contributed by atoms with Crippen LogP contribution in [0.5, 0.6) is 0 Å². The van der Waals surface area contributed by atoms with Crippen LogP contribution >= 0.6 is 0 Å². The number of allylic oxidation sites excluding steroid dienone is 1. The molecule has 0 saturated carbocycles. The number of rotatable bonds is 7. The molecule has 0 aromatic carbocycles. The molecule has 0 fully saturated rings. The van der Waals surface area contributed by atoms with Crippen molar-refractivity contribution in [1.29, 1.82) is 0 Å². The minimum absolute atomic E-state index is 0.0489. The molecule has 0 aliphatic heterocycles. The summed E-state index contributed by atoms with van der Waals surface area (Å²) in [4.78, 5) is 13.5. The Morgan fingerprint density at radius 3 is 2.60 bits per heavy atom. The molecule has 0 heterocycles. The maximum absolute atomic E-state index is 11.7. The van der Waals surface area contributed by atoms with Gasteiger partial charge >= 0.3 is 0 Å². The van der Waals surface area contributed by atoms with Gasteiger partial charge in [0.25, 0.3) is 0 Å². The van der Waals surface area contributed by atoms with Crippen molar-refractivity contribution in [2.45, 2.75) is 39.2 Å². The second kappa shape index (κ2) is 7.46. The lowest BCUT2D eigenvalue weighted by atomic mass is 10.0. The lowest BCUT2D eigenvalue weighted by molar-refractivity contribution is -0.131. The monoisotopic (exact) mass is 212 g/mol. The van der Waals surface area contributed by atoms with Crippen LogP contribution in [-0.2, 0) is 4.79 Å². The predicted octanol–water partition coefficient (Wildman–Crippen LogP) is 1.78. The van der Waals surface area contributed by atoms with Crippen molar-refractivity contribution in [3.05, 3.63) is 12.7 Å². The largest absolute Gasteiger partial charge is 0.344 e. The quantitative estimate of drug-likeness (QED) is 0.516. The van der Waals surface area contributed by atoms with Gasteiger partial charge in [-0.15, -0.1) is 6.58 Å². The molecule has 0 bridgehead atoms. The van der Waals surface area contributed by atoms with Crippen molar-refractivity contribution in [3.63, 3.8) is 0 Å². The molecule has 0 aromatic heterocycles. The molecule has 0 saturated heterocycles. The maximum atomic E-state index is 11.7. The van der Waals surface area contributed by atoms with Crippen LogP contribution < -0.4 is 5.73 Å². The van der Waals surface area contributed by atoms with E-state index >= 15 is 0 Å². The molecular weight excluding hydrogens is 188 g/mol. The van der Waals surface area contributed by atoms with Crippen LogP contribution in [0, 0.1) is 5.92 Å². The van der Waals surface area contributed by atoms with Gasteiger partial charge in [0, 0.05) is 13.6 Å². The second-order valence-electron chi connectivity index (χ2n) is 4.43. The van der Waals surface area contributed by atoms with Gasteiger partial charge in [0.15, 0.2) is 0 Å². The Morgan fingerprint density at radius 1 is 1.53 bits per heavy atom. The predicted molar refractivity (Wildman–Crippen MR) is 64.5 cm³/mol. The molecule has 0 aliphatic carbocycles. The summed E-state index contributed by atoms with van der Waals surface area (Å²) in [6.45, 7) is 8.56. The van der Waals surface area contributed by atoms with Gasteiger partial charge in [-0.2, -0.15) is 0 Å². The summed E-state index contributed by atoms with van der Waals surface area (Å²) in [5, 5.41) is 0. The van der Waals surface area contributed by atoms with Crippen molar-refractivity contribution in [2.24, 2.45) is 11.7 Å². The minimum atomic E-state index is -0.348. The summed E-state index contributed by atoms with van der Waals surface area (Å²) in [5.41, 5.74) is 5.81. The van der Waals surface area contributed by atoms with Gasteiger partial charge in [0.1, 0.15) is 0 Å². The third kappa shape index (κ3) is 6.28. The maximum Gasteiger partial charge on any atom is 0.239 e. The molecule has 1 atom stereocenters. The minimum Gasteiger partial charge on any atom is -0.344 e. The molecule has 88 valence electrons. The van der Waals surface area contributed by atoms with E-state index in [0.717, 1.165) is 25.8 Å². The van der Waals surface area contributed by atoms with Gasteiger partial charge in [-0.1, -0.05) is 19.9 Å². The molecule has 0 rings (SSSR count). The van der Waals surface area contributed by atoms with Gasteiger partial charge in [-0.25, -0.2) is 0 Å². The number of hydrogen-bond donors (Lipinski definition) is 1. The summed E-state index contributed by atoms with van der Waals surface area (Å²) < 4.78 is 0. The highest BCUT2D eigenvalue weighted by Crippen LogP contribution is 2.05. The summed E-state index contributed by atoms with van der Waals surface area (Å²) in [5.74, 6) is 0.512. The topological polar surface area (TPSA) is 46.3 Å². The fourth-order valence-electron chi connectivity index (χ4n) is 1.47. The van der Waals surface area contributed by atoms with E-state index in [1.165, 1.54) is 0 Å². The normalized spacial score (nSPS) is 12.6. The van der Waals surface area contributed by atoms with E-state index < -0.39 is 0 Å². The van der Waals surface area contributed by atoms with Crippen LogP contribution in [-0.4, -0.2) is 30.4 Å². The van der Waals surface area contributed by atoms with E-state index in [0.29, 0.717) is 5.92 Å². The van der Waals surface area contributed by atoms with E-state index in [9.17, 15) is 4.79 Å². The highest BCUT2D eigenvalue weighted by molar-refractivity contribution is 5.81. The van der Waals surface area contributed by atoms with Crippen LogP contribution in [0.2, 0.25) is 0 Å². The molecular formula is C12H24N2O. The van der Waals surface area contributed by atoms with Crippen molar-refractivity contribution < 1.29 is 4.79 Å². The van der Waals surface area contributed by atoms with Crippen LogP contribution in [0.25, 0.3) is 0 Å². The molecule has 0 radical (unpaired) electrons. The van der Waals surface area contributed by atoms with Gasteiger partial charge in [-0.05, 0) is 25.2 Å². The van der Waals surface area contributed by atoms with Gasteiger partial charge < -0.3 is 10.6 Å². The lowest BCUT2D eigenvalue weighted by Crippen LogP contribution is -2.42. The third-order valence-electron chi connectivity index (χ3n) is 2.32. The fraction of sp³-hybridized carbons (Fsp3) is 0.750. The SMILES string of the molecule is C=CCCCN(C)C(=O)[C@H](N)CC(C)C. The van der Waals surface area contributed by atoms with Gasteiger partial charge in [-0.3, -0.25) is 4.79 Å². The number of nitrogens with two attached hydrogens (primary N) is 1. The Labute approximate surface area is 93.3 Å². The standard InChI is InChI=1S/C12H24N2O/c1-5-6-7-8-14(4)12(15)11(13)9-10(2)3/h5,10-11H,1,6-9,13H2,2-4H3/t11-/m1/s1. The Kier molecular flexibility index (Phi) is 7.05. The van der Waals surface area contributed by atoms with Crippen molar-refractivity contribution in [1.82, 2.24) is 4.90 Å². The molecule has 2 N–H and O–H groups in total. The van der Waals surface area contributed by atoms with Crippen LogP contribution in [0.4, 0.5) is 0 Å². The van der Waals surface area contributed by atoms with E-state index in [1.54, 1.807) is 4.90 Å². The van der Waals surface area contributed by atoms with Gasteiger partial charge in [0.05, 0.1) is 6.04 Å². The van der Waals surface area contributed by atoms with Crippen LogP contribution in [0.15, 0.2) is 12.7 Å². The Hall–Kier alpha value is -0.830. The summed E-state index contributed by atoms with van der Waals surface area (Å²) in [7, 11) is 1.81. The number of hydrogen-bond acceptors (Lipinski definition) is 2. The van der Waals surface area contributed by atoms with E-state index in [1.807, 2.05) is 13.1 Å². The first-order valence-electron chi connectivity index (χ1n) is 5.60. The first kappa shape index (κ1) is 14.2. The van der Waals surface area contributed by atoms with Gasteiger partial charge in [0.2, 0.25) is 5.91 Å². The summed E-state index contributed by atoms with van der Waals surface area (Å²) >= 11 is 0. The molecule has 1 amide bonds. The second-order valence-corrected chi connectivity index (χ2v) is 4.43. The fourth-order valence-corrected chi connectivity index (χ4v) is 1.47. The zero-order valence-electron chi connectivity index (χ0n) is 10.2.